The SMILES string of the molecule is Cn1cc([C@@H]2CSCCN2C[C@@H](O)C(F)(F)F)cn1. The molecule has 0 radical (unpaired) electrons. The Hall–Kier alpha value is -0.730. The zero-order valence-electron chi connectivity index (χ0n) is 10.5. The van der Waals surface area contributed by atoms with Crippen LogP contribution in [0, 0.1) is 0 Å². The first kappa shape index (κ1) is 14.7. The first-order valence-electron chi connectivity index (χ1n) is 5.93. The molecule has 0 unspecified atom stereocenters. The van der Waals surface area contributed by atoms with Crippen molar-refractivity contribution in [1.29, 1.82) is 0 Å². The lowest BCUT2D eigenvalue weighted by atomic mass is 10.1. The molecule has 1 aliphatic rings. The summed E-state index contributed by atoms with van der Waals surface area (Å²) < 4.78 is 39.0. The zero-order valence-corrected chi connectivity index (χ0v) is 11.3. The molecular formula is C11H16F3N3OS. The number of β-amino-alcohol motifs (C(OH)–C–C–N with tert-alkyl or cyclic N) is 1. The van der Waals surface area contributed by atoms with E-state index in [0.717, 1.165) is 17.1 Å². The van der Waals surface area contributed by atoms with E-state index in [4.69, 9.17) is 0 Å². The molecule has 1 aromatic heterocycles. The molecule has 8 heteroatoms. The number of aryl methyl sites for hydroxylation is 1. The maximum atomic E-state index is 12.4. The lowest BCUT2D eigenvalue weighted by molar-refractivity contribution is -0.209. The quantitative estimate of drug-likeness (QED) is 0.916. The van der Waals surface area contributed by atoms with Crippen molar-refractivity contribution >= 4 is 11.8 Å². The molecule has 0 amide bonds. The van der Waals surface area contributed by atoms with Gasteiger partial charge in [-0.3, -0.25) is 9.58 Å². The van der Waals surface area contributed by atoms with Crippen LogP contribution in [0.15, 0.2) is 12.4 Å². The molecule has 2 atom stereocenters. The fraction of sp³-hybridized carbons (Fsp3) is 0.727. The molecule has 0 saturated carbocycles. The summed E-state index contributed by atoms with van der Waals surface area (Å²) in [5, 5.41) is 13.3. The lowest BCUT2D eigenvalue weighted by Gasteiger charge is -2.36. The second kappa shape index (κ2) is 5.72. The second-order valence-corrected chi connectivity index (χ2v) is 5.74. The first-order chi connectivity index (χ1) is 8.88. The van der Waals surface area contributed by atoms with Gasteiger partial charge in [0.2, 0.25) is 0 Å². The Morgan fingerprint density at radius 1 is 1.58 bits per heavy atom. The van der Waals surface area contributed by atoms with E-state index in [1.807, 2.05) is 6.20 Å². The summed E-state index contributed by atoms with van der Waals surface area (Å²) in [6, 6.07) is -0.121. The number of hydrogen-bond acceptors (Lipinski definition) is 4. The molecule has 1 fully saturated rings. The molecule has 4 nitrogen and oxygen atoms in total. The molecule has 1 aliphatic heterocycles. The van der Waals surface area contributed by atoms with Crippen LogP contribution >= 0.6 is 11.8 Å². The largest absolute Gasteiger partial charge is 0.415 e. The van der Waals surface area contributed by atoms with Crippen LogP contribution in [0.1, 0.15) is 11.6 Å². The van der Waals surface area contributed by atoms with E-state index in [1.165, 1.54) is 0 Å². The average Bonchev–Trinajstić information content (AvgIpc) is 2.75. The van der Waals surface area contributed by atoms with E-state index in [9.17, 15) is 18.3 Å². The highest BCUT2D eigenvalue weighted by Gasteiger charge is 2.40. The minimum absolute atomic E-state index is 0.121. The number of aliphatic hydroxyl groups is 1. The van der Waals surface area contributed by atoms with E-state index in [2.05, 4.69) is 5.10 Å². The normalized spacial score (nSPS) is 23.5. The Balaban J connectivity index is 2.08. The number of rotatable bonds is 3. The number of aromatic nitrogens is 2. The van der Waals surface area contributed by atoms with Crippen LogP contribution in [0.2, 0.25) is 0 Å². The number of alkyl halides is 3. The standard InChI is InChI=1S/C11H16F3N3OS/c1-16-5-8(4-15-16)9-7-19-3-2-17(9)6-10(18)11(12,13)14/h4-5,9-10,18H,2-3,6-7H2,1H3/t9-,10+/m0/s1. The predicted octanol–water partition coefficient (Wildman–Crippen LogP) is 1.43. The highest BCUT2D eigenvalue weighted by Crippen LogP contribution is 2.31. The van der Waals surface area contributed by atoms with Gasteiger partial charge in [0.1, 0.15) is 0 Å². The third-order valence-corrected chi connectivity index (χ3v) is 4.16. The van der Waals surface area contributed by atoms with Gasteiger partial charge in [-0.2, -0.15) is 30.0 Å². The molecule has 1 N–H and O–H groups in total. The van der Waals surface area contributed by atoms with Gasteiger partial charge in [0, 0.05) is 49.4 Å². The first-order valence-corrected chi connectivity index (χ1v) is 7.08. The van der Waals surface area contributed by atoms with Crippen LogP contribution in [0.4, 0.5) is 13.2 Å². The summed E-state index contributed by atoms with van der Waals surface area (Å²) in [6.07, 6.45) is -3.38. The molecule has 0 aromatic carbocycles. The summed E-state index contributed by atoms with van der Waals surface area (Å²) in [4.78, 5) is 1.69. The fourth-order valence-electron chi connectivity index (χ4n) is 2.10. The Morgan fingerprint density at radius 2 is 2.32 bits per heavy atom. The summed E-state index contributed by atoms with van der Waals surface area (Å²) in [5.41, 5.74) is 0.893. The smallest absolute Gasteiger partial charge is 0.382 e. The van der Waals surface area contributed by atoms with E-state index < -0.39 is 12.3 Å². The van der Waals surface area contributed by atoms with Crippen LogP contribution < -0.4 is 0 Å². The van der Waals surface area contributed by atoms with Gasteiger partial charge in [-0.15, -0.1) is 0 Å². The van der Waals surface area contributed by atoms with Gasteiger partial charge in [-0.05, 0) is 0 Å². The maximum Gasteiger partial charge on any atom is 0.415 e. The number of thioether (sulfide) groups is 1. The Bertz CT molecular complexity index is 424. The molecule has 19 heavy (non-hydrogen) atoms. The van der Waals surface area contributed by atoms with Crippen molar-refractivity contribution in [3.05, 3.63) is 18.0 Å². The van der Waals surface area contributed by atoms with Crippen molar-refractivity contribution in [2.24, 2.45) is 7.05 Å². The minimum atomic E-state index is -4.57. The van der Waals surface area contributed by atoms with Crippen LogP contribution in [0.25, 0.3) is 0 Å². The van der Waals surface area contributed by atoms with Crippen molar-refractivity contribution in [1.82, 2.24) is 14.7 Å². The summed E-state index contributed by atoms with van der Waals surface area (Å²) in [7, 11) is 1.77. The van der Waals surface area contributed by atoms with Gasteiger partial charge < -0.3 is 5.11 Å². The molecule has 0 spiro atoms. The van der Waals surface area contributed by atoms with Crippen molar-refractivity contribution in [2.75, 3.05) is 24.6 Å². The molecule has 1 saturated heterocycles. The van der Waals surface area contributed by atoms with E-state index in [1.54, 1.807) is 34.6 Å². The monoisotopic (exact) mass is 295 g/mol. The van der Waals surface area contributed by atoms with Crippen molar-refractivity contribution in [2.45, 2.75) is 18.3 Å². The average molecular weight is 295 g/mol. The van der Waals surface area contributed by atoms with Crippen molar-refractivity contribution in [3.63, 3.8) is 0 Å². The van der Waals surface area contributed by atoms with E-state index in [0.29, 0.717) is 6.54 Å². The van der Waals surface area contributed by atoms with Crippen LogP contribution in [-0.2, 0) is 7.05 Å². The molecule has 2 rings (SSSR count). The Kier molecular flexibility index (Phi) is 4.42. The van der Waals surface area contributed by atoms with Crippen LogP contribution in [0.5, 0.6) is 0 Å². The minimum Gasteiger partial charge on any atom is -0.382 e. The van der Waals surface area contributed by atoms with Crippen molar-refractivity contribution < 1.29 is 18.3 Å². The van der Waals surface area contributed by atoms with E-state index >= 15 is 0 Å². The highest BCUT2D eigenvalue weighted by molar-refractivity contribution is 7.99. The zero-order chi connectivity index (χ0) is 14.0. The van der Waals surface area contributed by atoms with Gasteiger partial charge in [-0.1, -0.05) is 0 Å². The van der Waals surface area contributed by atoms with Gasteiger partial charge >= 0.3 is 6.18 Å². The second-order valence-electron chi connectivity index (χ2n) is 4.59. The van der Waals surface area contributed by atoms with Gasteiger partial charge in [-0.25, -0.2) is 0 Å². The lowest BCUT2D eigenvalue weighted by Crippen LogP contribution is -2.45. The van der Waals surface area contributed by atoms with Crippen LogP contribution in [0.3, 0.4) is 0 Å². The molecular weight excluding hydrogens is 279 g/mol. The molecule has 2 heterocycles. The predicted molar refractivity (Wildman–Crippen MR) is 66.9 cm³/mol. The van der Waals surface area contributed by atoms with Gasteiger partial charge in [0.25, 0.3) is 0 Å². The van der Waals surface area contributed by atoms with Gasteiger partial charge in [0.05, 0.1) is 6.20 Å². The summed E-state index contributed by atoms with van der Waals surface area (Å²) in [6.45, 7) is 0.154. The summed E-state index contributed by atoms with van der Waals surface area (Å²) in [5.74, 6) is 1.50. The number of nitrogens with zero attached hydrogens (tertiary/aromatic N) is 3. The van der Waals surface area contributed by atoms with Gasteiger partial charge in [0.15, 0.2) is 6.10 Å². The molecule has 0 bridgehead atoms. The fourth-order valence-corrected chi connectivity index (χ4v) is 3.26. The molecule has 1 aromatic rings. The topological polar surface area (TPSA) is 41.3 Å². The molecule has 0 aliphatic carbocycles. The Labute approximate surface area is 113 Å². The highest BCUT2D eigenvalue weighted by atomic mass is 32.2. The molecule has 108 valence electrons. The van der Waals surface area contributed by atoms with E-state index in [-0.39, 0.29) is 12.6 Å². The number of aliphatic hydroxyl groups excluding tert-OH is 1. The summed E-state index contributed by atoms with van der Waals surface area (Å²) >= 11 is 1.70. The third kappa shape index (κ3) is 3.64. The number of hydrogen-bond donors (Lipinski definition) is 1. The number of halogens is 3. The Morgan fingerprint density at radius 3 is 2.89 bits per heavy atom. The maximum absolute atomic E-state index is 12.4. The van der Waals surface area contributed by atoms with Crippen molar-refractivity contribution in [3.8, 4) is 0 Å². The third-order valence-electron chi connectivity index (χ3n) is 3.13. The van der Waals surface area contributed by atoms with Crippen LogP contribution in [-0.4, -0.2) is 56.7 Å².